The van der Waals surface area contributed by atoms with Gasteiger partial charge in [-0.25, -0.2) is 27.5 Å². The number of aromatic nitrogens is 3. The van der Waals surface area contributed by atoms with Crippen molar-refractivity contribution in [1.82, 2.24) is 19.3 Å². The maximum atomic E-state index is 13.8. The summed E-state index contributed by atoms with van der Waals surface area (Å²) in [6.45, 7) is 1.83. The molecule has 0 aliphatic carbocycles. The highest BCUT2D eigenvalue weighted by Crippen LogP contribution is 2.19. The standard InChI is InChI=1S/C16H14ClFN4O2S/c1-11-19-6-7-22(11)16-8-12(4-5-20-16)10-21-25(23,24)15-3-2-13(17)9-14(15)18/h2-9,21H,10H2,1H3. The second kappa shape index (κ2) is 6.91. The minimum atomic E-state index is -4.00. The maximum absolute atomic E-state index is 13.8. The van der Waals surface area contributed by atoms with E-state index in [9.17, 15) is 12.8 Å². The molecule has 1 aromatic carbocycles. The highest BCUT2D eigenvalue weighted by molar-refractivity contribution is 7.89. The van der Waals surface area contributed by atoms with Gasteiger partial charge in [0.15, 0.2) is 0 Å². The van der Waals surface area contributed by atoms with Crippen molar-refractivity contribution >= 4 is 21.6 Å². The van der Waals surface area contributed by atoms with Gasteiger partial charge in [-0.2, -0.15) is 0 Å². The Morgan fingerprint density at radius 1 is 1.20 bits per heavy atom. The minimum Gasteiger partial charge on any atom is -0.288 e. The zero-order valence-electron chi connectivity index (χ0n) is 13.1. The molecule has 2 aromatic heterocycles. The molecule has 0 bridgehead atoms. The molecule has 0 saturated heterocycles. The number of pyridine rings is 1. The zero-order valence-corrected chi connectivity index (χ0v) is 14.7. The molecule has 6 nitrogen and oxygen atoms in total. The van der Waals surface area contributed by atoms with Crippen LogP contribution in [-0.2, 0) is 16.6 Å². The molecule has 25 heavy (non-hydrogen) atoms. The van der Waals surface area contributed by atoms with E-state index in [0.717, 1.165) is 18.0 Å². The van der Waals surface area contributed by atoms with Crippen molar-refractivity contribution < 1.29 is 12.8 Å². The average molecular weight is 381 g/mol. The lowest BCUT2D eigenvalue weighted by Gasteiger charge is -2.09. The second-order valence-corrected chi connectivity index (χ2v) is 7.44. The van der Waals surface area contributed by atoms with E-state index >= 15 is 0 Å². The van der Waals surface area contributed by atoms with Crippen LogP contribution < -0.4 is 4.72 Å². The third kappa shape index (κ3) is 3.87. The van der Waals surface area contributed by atoms with Gasteiger partial charge >= 0.3 is 0 Å². The van der Waals surface area contributed by atoms with Gasteiger partial charge in [0.1, 0.15) is 22.4 Å². The lowest BCUT2D eigenvalue weighted by Crippen LogP contribution is -2.24. The Morgan fingerprint density at radius 2 is 2.00 bits per heavy atom. The summed E-state index contributed by atoms with van der Waals surface area (Å²) in [5, 5.41) is 0.130. The third-order valence-corrected chi connectivity index (χ3v) is 5.20. The van der Waals surface area contributed by atoms with Crippen molar-refractivity contribution in [3.05, 3.63) is 71.2 Å². The van der Waals surface area contributed by atoms with Gasteiger partial charge in [0, 0.05) is 30.2 Å². The molecule has 0 atom stereocenters. The molecule has 0 fully saturated rings. The number of imidazole rings is 1. The highest BCUT2D eigenvalue weighted by atomic mass is 35.5. The van der Waals surface area contributed by atoms with Gasteiger partial charge < -0.3 is 0 Å². The maximum Gasteiger partial charge on any atom is 0.243 e. The molecule has 0 radical (unpaired) electrons. The summed E-state index contributed by atoms with van der Waals surface area (Å²) in [6.07, 6.45) is 4.98. The molecule has 1 N–H and O–H groups in total. The van der Waals surface area contributed by atoms with Crippen LogP contribution in [0, 0.1) is 12.7 Å². The Bertz CT molecular complexity index is 1020. The molecule has 0 amide bonds. The molecule has 3 rings (SSSR count). The monoisotopic (exact) mass is 380 g/mol. The number of sulfonamides is 1. The lowest BCUT2D eigenvalue weighted by atomic mass is 10.2. The number of nitrogens with one attached hydrogen (secondary N) is 1. The lowest BCUT2D eigenvalue weighted by molar-refractivity contribution is 0.557. The van der Waals surface area contributed by atoms with Gasteiger partial charge in [-0.1, -0.05) is 11.6 Å². The van der Waals surface area contributed by atoms with Crippen LogP contribution in [0.1, 0.15) is 11.4 Å². The van der Waals surface area contributed by atoms with E-state index in [1.54, 1.807) is 35.3 Å². The summed E-state index contributed by atoms with van der Waals surface area (Å²) in [6, 6.07) is 6.83. The first-order chi connectivity index (χ1) is 11.9. The molecule has 2 heterocycles. The molecular formula is C16H14ClFN4O2S. The molecule has 0 unspecified atom stereocenters. The summed E-state index contributed by atoms with van der Waals surface area (Å²) in [7, 11) is -4.00. The molecule has 0 saturated carbocycles. The Labute approximate surface area is 149 Å². The quantitative estimate of drug-likeness (QED) is 0.738. The van der Waals surface area contributed by atoms with Crippen LogP contribution in [0.15, 0.2) is 53.8 Å². The topological polar surface area (TPSA) is 76.9 Å². The Balaban J connectivity index is 1.80. The van der Waals surface area contributed by atoms with Crippen LogP contribution in [0.3, 0.4) is 0 Å². The summed E-state index contributed by atoms with van der Waals surface area (Å²) in [4.78, 5) is 7.92. The van der Waals surface area contributed by atoms with Crippen molar-refractivity contribution in [2.75, 3.05) is 0 Å². The van der Waals surface area contributed by atoms with E-state index in [1.807, 2.05) is 6.92 Å². The summed E-state index contributed by atoms with van der Waals surface area (Å²) >= 11 is 5.65. The van der Waals surface area contributed by atoms with Crippen LogP contribution in [0.2, 0.25) is 5.02 Å². The zero-order chi connectivity index (χ0) is 18.0. The Morgan fingerprint density at radius 3 is 2.68 bits per heavy atom. The number of hydrogen-bond donors (Lipinski definition) is 1. The van der Waals surface area contributed by atoms with Gasteiger partial charge in [-0.3, -0.25) is 4.57 Å². The summed E-state index contributed by atoms with van der Waals surface area (Å²) < 4.78 is 42.6. The predicted molar refractivity (Wildman–Crippen MR) is 91.5 cm³/mol. The average Bonchev–Trinajstić information content (AvgIpc) is 2.99. The first kappa shape index (κ1) is 17.5. The normalized spacial score (nSPS) is 11.6. The van der Waals surface area contributed by atoms with Crippen LogP contribution in [0.4, 0.5) is 4.39 Å². The van der Waals surface area contributed by atoms with Crippen molar-refractivity contribution in [2.24, 2.45) is 0 Å². The highest BCUT2D eigenvalue weighted by Gasteiger charge is 2.19. The van der Waals surface area contributed by atoms with E-state index in [0.29, 0.717) is 11.4 Å². The molecule has 3 aromatic rings. The summed E-state index contributed by atoms with van der Waals surface area (Å²) in [5.41, 5.74) is 0.677. The largest absolute Gasteiger partial charge is 0.288 e. The van der Waals surface area contributed by atoms with Crippen LogP contribution >= 0.6 is 11.6 Å². The van der Waals surface area contributed by atoms with Crippen molar-refractivity contribution in [3.63, 3.8) is 0 Å². The van der Waals surface area contributed by atoms with Gasteiger partial charge in [0.2, 0.25) is 10.0 Å². The summed E-state index contributed by atoms with van der Waals surface area (Å²) in [5.74, 6) is 0.474. The molecule has 9 heteroatoms. The Hall–Kier alpha value is -2.29. The molecule has 130 valence electrons. The smallest absolute Gasteiger partial charge is 0.243 e. The van der Waals surface area contributed by atoms with Gasteiger partial charge in [0.25, 0.3) is 0 Å². The molecule has 0 aliphatic rings. The first-order valence-corrected chi connectivity index (χ1v) is 9.13. The first-order valence-electron chi connectivity index (χ1n) is 7.27. The van der Waals surface area contributed by atoms with Crippen LogP contribution in [0.5, 0.6) is 0 Å². The molecule has 0 spiro atoms. The molecular weight excluding hydrogens is 367 g/mol. The fourth-order valence-corrected chi connectivity index (χ4v) is 3.51. The number of hydrogen-bond acceptors (Lipinski definition) is 4. The van der Waals surface area contributed by atoms with E-state index in [2.05, 4.69) is 14.7 Å². The minimum absolute atomic E-state index is 0.00629. The number of nitrogens with zero attached hydrogens (tertiary/aromatic N) is 3. The SMILES string of the molecule is Cc1nccn1-c1cc(CNS(=O)(=O)c2ccc(Cl)cc2F)ccn1. The fraction of sp³-hybridized carbons (Fsp3) is 0.125. The number of aryl methyl sites for hydroxylation is 1. The Kier molecular flexibility index (Phi) is 4.85. The second-order valence-electron chi connectivity index (χ2n) is 5.27. The van der Waals surface area contributed by atoms with Gasteiger partial charge in [-0.15, -0.1) is 0 Å². The fourth-order valence-electron chi connectivity index (χ4n) is 2.27. The molecule has 0 aliphatic heterocycles. The van der Waals surface area contributed by atoms with Crippen LogP contribution in [-0.4, -0.2) is 23.0 Å². The van der Waals surface area contributed by atoms with Gasteiger partial charge in [0.05, 0.1) is 0 Å². The van der Waals surface area contributed by atoms with E-state index in [4.69, 9.17) is 11.6 Å². The van der Waals surface area contributed by atoms with Crippen molar-refractivity contribution in [1.29, 1.82) is 0 Å². The third-order valence-electron chi connectivity index (χ3n) is 3.53. The van der Waals surface area contributed by atoms with Crippen molar-refractivity contribution in [3.8, 4) is 5.82 Å². The van der Waals surface area contributed by atoms with Crippen LogP contribution in [0.25, 0.3) is 5.82 Å². The number of benzene rings is 1. The van der Waals surface area contributed by atoms with E-state index < -0.39 is 20.7 Å². The van der Waals surface area contributed by atoms with Crippen molar-refractivity contribution in [2.45, 2.75) is 18.4 Å². The van der Waals surface area contributed by atoms with E-state index in [1.165, 1.54) is 6.07 Å². The predicted octanol–water partition coefficient (Wildman–Crippen LogP) is 2.85. The van der Waals surface area contributed by atoms with E-state index in [-0.39, 0.29) is 11.6 Å². The number of halogens is 2. The van der Waals surface area contributed by atoms with Gasteiger partial charge in [-0.05, 0) is 42.8 Å². The number of rotatable bonds is 5.